The number of nitrogens with one attached hydrogen (secondary N) is 1. The maximum Gasteiger partial charge on any atom is 0.259 e. The first-order chi connectivity index (χ1) is 13.0. The minimum Gasteiger partial charge on any atom is -0.477 e. The van der Waals surface area contributed by atoms with Crippen LogP contribution in [0, 0.1) is 6.92 Å². The number of piperidine rings is 1. The van der Waals surface area contributed by atoms with Gasteiger partial charge in [-0.1, -0.05) is 0 Å². The van der Waals surface area contributed by atoms with Crippen LogP contribution in [0.25, 0.3) is 0 Å². The molecule has 142 valence electrons. The zero-order chi connectivity index (χ0) is 19.0. The van der Waals surface area contributed by atoms with Gasteiger partial charge in [-0.05, 0) is 51.7 Å². The van der Waals surface area contributed by atoms with Gasteiger partial charge in [-0.3, -0.25) is 9.59 Å². The van der Waals surface area contributed by atoms with Crippen molar-refractivity contribution in [3.8, 4) is 5.88 Å². The summed E-state index contributed by atoms with van der Waals surface area (Å²) in [4.78, 5) is 38.7. The summed E-state index contributed by atoms with van der Waals surface area (Å²) >= 11 is 0. The van der Waals surface area contributed by atoms with Crippen LogP contribution in [-0.2, 0) is 11.8 Å². The second-order valence-electron chi connectivity index (χ2n) is 7.34. The highest BCUT2D eigenvalue weighted by Crippen LogP contribution is 2.44. The lowest BCUT2D eigenvalue weighted by Gasteiger charge is -2.39. The van der Waals surface area contributed by atoms with Crippen LogP contribution in [0.1, 0.15) is 53.6 Å². The maximum absolute atomic E-state index is 13.0. The van der Waals surface area contributed by atoms with Gasteiger partial charge in [-0.25, -0.2) is 9.97 Å². The molecule has 2 aromatic heterocycles. The summed E-state index contributed by atoms with van der Waals surface area (Å²) in [5.74, 6) is 1.00. The average Bonchev–Trinajstić information content (AvgIpc) is 3.01. The number of pyridine rings is 1. The number of carbonyl (C=O) groups excluding carboxylic acids is 1. The fourth-order valence-corrected chi connectivity index (χ4v) is 4.36. The number of aryl methyl sites for hydroxylation is 1. The number of H-pyrrole nitrogens is 1. The number of carbonyl (C=O) groups is 1. The SMILES string of the molecule is CCOc1ncccc1C(=O)N1CCC2(CCc3c2nc(C)[nH]c3=O)CC1. The van der Waals surface area contributed by atoms with Crippen molar-refractivity contribution in [3.05, 3.63) is 51.3 Å². The number of rotatable bonds is 3. The molecule has 1 fully saturated rings. The fraction of sp³-hybridized carbons (Fsp3) is 0.500. The molecule has 2 aromatic rings. The van der Waals surface area contributed by atoms with E-state index in [1.165, 1.54) is 0 Å². The number of aromatic amines is 1. The van der Waals surface area contributed by atoms with E-state index >= 15 is 0 Å². The molecule has 1 aliphatic heterocycles. The molecule has 0 unspecified atom stereocenters. The van der Waals surface area contributed by atoms with Crippen molar-refractivity contribution in [3.63, 3.8) is 0 Å². The minimum absolute atomic E-state index is 0.00963. The molecule has 0 radical (unpaired) electrons. The fourth-order valence-electron chi connectivity index (χ4n) is 4.36. The Bertz CT molecular complexity index is 929. The number of aromatic nitrogens is 3. The van der Waals surface area contributed by atoms with E-state index in [-0.39, 0.29) is 16.9 Å². The molecule has 7 nitrogen and oxygen atoms in total. The molecule has 2 aliphatic rings. The van der Waals surface area contributed by atoms with Crippen molar-refractivity contribution in [2.24, 2.45) is 0 Å². The van der Waals surface area contributed by atoms with Crippen LogP contribution < -0.4 is 10.3 Å². The molecule has 1 aliphatic carbocycles. The Morgan fingerprint density at radius 1 is 1.33 bits per heavy atom. The van der Waals surface area contributed by atoms with Crippen molar-refractivity contribution in [1.29, 1.82) is 0 Å². The molecule has 4 rings (SSSR count). The van der Waals surface area contributed by atoms with Crippen LogP contribution in [0.4, 0.5) is 0 Å². The highest BCUT2D eigenvalue weighted by Gasteiger charge is 2.44. The molecule has 1 amide bonds. The first-order valence-electron chi connectivity index (χ1n) is 9.51. The number of ether oxygens (including phenoxy) is 1. The molecule has 1 saturated heterocycles. The Labute approximate surface area is 157 Å². The number of fused-ring (bicyclic) bond motifs is 2. The van der Waals surface area contributed by atoms with Crippen LogP contribution in [0.2, 0.25) is 0 Å². The van der Waals surface area contributed by atoms with Crippen LogP contribution in [0.3, 0.4) is 0 Å². The van der Waals surface area contributed by atoms with E-state index in [0.717, 1.165) is 36.9 Å². The molecule has 3 heterocycles. The Hall–Kier alpha value is -2.70. The molecule has 0 aromatic carbocycles. The molecule has 1 N–H and O–H groups in total. The third-order valence-corrected chi connectivity index (χ3v) is 5.78. The lowest BCUT2D eigenvalue weighted by molar-refractivity contribution is 0.0658. The van der Waals surface area contributed by atoms with Crippen molar-refractivity contribution in [2.75, 3.05) is 19.7 Å². The molecular weight excluding hydrogens is 344 g/mol. The largest absolute Gasteiger partial charge is 0.477 e. The first kappa shape index (κ1) is 17.7. The highest BCUT2D eigenvalue weighted by molar-refractivity contribution is 5.96. The van der Waals surface area contributed by atoms with Crippen LogP contribution in [0.5, 0.6) is 5.88 Å². The predicted molar refractivity (Wildman–Crippen MR) is 100 cm³/mol. The third-order valence-electron chi connectivity index (χ3n) is 5.78. The average molecular weight is 368 g/mol. The standard InChI is InChI=1S/C20H24N4O3/c1-3-27-18-15(5-4-10-21-18)19(26)24-11-8-20(9-12-24)7-6-14-16(20)22-13(2)23-17(14)25/h4-5,10H,3,6-9,11-12H2,1-2H3,(H,22,23,25). The molecule has 0 saturated carbocycles. The summed E-state index contributed by atoms with van der Waals surface area (Å²) in [6.45, 7) is 5.46. The van der Waals surface area contributed by atoms with Crippen molar-refractivity contribution >= 4 is 5.91 Å². The van der Waals surface area contributed by atoms with E-state index < -0.39 is 0 Å². The molecule has 7 heteroatoms. The summed E-state index contributed by atoms with van der Waals surface area (Å²) in [5, 5.41) is 0. The van der Waals surface area contributed by atoms with E-state index in [0.29, 0.717) is 37.0 Å². The van der Waals surface area contributed by atoms with Gasteiger partial charge in [0.05, 0.1) is 12.3 Å². The smallest absolute Gasteiger partial charge is 0.259 e. The number of hydrogen-bond acceptors (Lipinski definition) is 5. The first-order valence-corrected chi connectivity index (χ1v) is 9.51. The molecular formula is C20H24N4O3. The second kappa shape index (κ2) is 6.79. The zero-order valence-corrected chi connectivity index (χ0v) is 15.7. The van der Waals surface area contributed by atoms with Gasteiger partial charge in [0.1, 0.15) is 11.4 Å². The highest BCUT2D eigenvalue weighted by atomic mass is 16.5. The van der Waals surface area contributed by atoms with Gasteiger partial charge in [0.2, 0.25) is 5.88 Å². The Morgan fingerprint density at radius 3 is 2.85 bits per heavy atom. The van der Waals surface area contributed by atoms with E-state index in [9.17, 15) is 9.59 Å². The minimum atomic E-state index is -0.0805. The van der Waals surface area contributed by atoms with E-state index in [1.807, 2.05) is 18.7 Å². The van der Waals surface area contributed by atoms with Gasteiger partial charge in [0, 0.05) is 30.3 Å². The second-order valence-corrected chi connectivity index (χ2v) is 7.34. The Balaban J connectivity index is 1.54. The number of hydrogen-bond donors (Lipinski definition) is 1. The lowest BCUT2D eigenvalue weighted by Crippen LogP contribution is -2.45. The summed E-state index contributed by atoms with van der Waals surface area (Å²) in [6.07, 6.45) is 4.98. The predicted octanol–water partition coefficient (Wildman–Crippen LogP) is 1.99. The van der Waals surface area contributed by atoms with Crippen LogP contribution >= 0.6 is 0 Å². The monoisotopic (exact) mass is 368 g/mol. The van der Waals surface area contributed by atoms with Crippen LogP contribution in [0.15, 0.2) is 23.1 Å². The third kappa shape index (κ3) is 3.01. The Kier molecular flexibility index (Phi) is 4.45. The summed E-state index contributed by atoms with van der Waals surface area (Å²) in [6, 6.07) is 3.52. The van der Waals surface area contributed by atoms with Gasteiger partial charge in [0.25, 0.3) is 11.5 Å². The quantitative estimate of drug-likeness (QED) is 0.895. The maximum atomic E-state index is 13.0. The van der Waals surface area contributed by atoms with Gasteiger partial charge in [-0.2, -0.15) is 0 Å². The normalized spacial score (nSPS) is 17.8. The van der Waals surface area contributed by atoms with Gasteiger partial charge in [-0.15, -0.1) is 0 Å². The van der Waals surface area contributed by atoms with Gasteiger partial charge in [0.15, 0.2) is 0 Å². The summed E-state index contributed by atoms with van der Waals surface area (Å²) in [7, 11) is 0. The van der Waals surface area contributed by atoms with Crippen molar-refractivity contribution in [2.45, 2.75) is 44.9 Å². The molecule has 27 heavy (non-hydrogen) atoms. The lowest BCUT2D eigenvalue weighted by atomic mass is 9.76. The van der Waals surface area contributed by atoms with Gasteiger partial charge >= 0.3 is 0 Å². The van der Waals surface area contributed by atoms with Gasteiger partial charge < -0.3 is 14.6 Å². The summed E-state index contributed by atoms with van der Waals surface area (Å²) < 4.78 is 5.51. The summed E-state index contributed by atoms with van der Waals surface area (Å²) in [5.41, 5.74) is 2.19. The van der Waals surface area contributed by atoms with E-state index in [1.54, 1.807) is 18.3 Å². The van der Waals surface area contributed by atoms with E-state index in [4.69, 9.17) is 4.74 Å². The number of likely N-dealkylation sites (tertiary alicyclic amines) is 1. The Morgan fingerprint density at radius 2 is 2.11 bits per heavy atom. The van der Waals surface area contributed by atoms with E-state index in [2.05, 4.69) is 15.0 Å². The van der Waals surface area contributed by atoms with Crippen molar-refractivity contribution in [1.82, 2.24) is 19.9 Å². The number of nitrogens with zero attached hydrogens (tertiary/aromatic N) is 3. The molecule has 0 bridgehead atoms. The van der Waals surface area contributed by atoms with Crippen molar-refractivity contribution < 1.29 is 9.53 Å². The zero-order valence-electron chi connectivity index (χ0n) is 15.7. The topological polar surface area (TPSA) is 88.2 Å². The molecule has 0 atom stereocenters. The number of amides is 1. The molecule has 1 spiro atoms. The van der Waals surface area contributed by atoms with Crippen LogP contribution in [-0.4, -0.2) is 45.5 Å².